The van der Waals surface area contributed by atoms with Crippen LogP contribution in [0.2, 0.25) is 0 Å². The molecule has 0 saturated carbocycles. The Morgan fingerprint density at radius 2 is 2.28 bits per heavy atom. The number of hydrogen-bond acceptors (Lipinski definition) is 2. The van der Waals surface area contributed by atoms with Crippen molar-refractivity contribution in [2.24, 2.45) is 17.6 Å². The smallest absolute Gasteiger partial charge is 0.320 e. The number of nitrogens with two attached hydrogens (primary N) is 1. The molecule has 104 valence electrons. The molecule has 5 heteroatoms. The second-order valence-electron chi connectivity index (χ2n) is 5.32. The number of amides is 2. The molecule has 0 aromatic heterocycles. The fraction of sp³-hybridized carbons (Fsp3) is 0.846. The topological polar surface area (TPSA) is 49.6 Å². The molecule has 0 aromatic rings. The van der Waals surface area contributed by atoms with Crippen molar-refractivity contribution >= 4 is 23.2 Å². The predicted octanol–water partition coefficient (Wildman–Crippen LogP) is 2.08. The first kappa shape index (κ1) is 15.2. The Labute approximate surface area is 115 Å². The largest absolute Gasteiger partial charge is 0.393 e. The Kier molecular flexibility index (Phi) is 5.85. The van der Waals surface area contributed by atoms with Crippen molar-refractivity contribution in [3.8, 4) is 0 Å². The standard InChI is InChI=1S/C13H25N3OS/c1-4-15(9-11(3)12(14)18)13(17)16-7-5-6-10(2)8-16/h10-11H,4-9H2,1-3H3,(H2,14,18). The second-order valence-corrected chi connectivity index (χ2v) is 5.79. The molecule has 1 fully saturated rings. The predicted molar refractivity (Wildman–Crippen MR) is 78.6 cm³/mol. The molecule has 2 unspecified atom stereocenters. The van der Waals surface area contributed by atoms with Crippen molar-refractivity contribution in [2.75, 3.05) is 26.2 Å². The number of likely N-dealkylation sites (tertiary alicyclic amines) is 1. The van der Waals surface area contributed by atoms with E-state index in [-0.39, 0.29) is 11.9 Å². The van der Waals surface area contributed by atoms with Gasteiger partial charge >= 0.3 is 6.03 Å². The lowest BCUT2D eigenvalue weighted by Crippen LogP contribution is -2.49. The zero-order chi connectivity index (χ0) is 13.7. The van der Waals surface area contributed by atoms with Crippen molar-refractivity contribution < 1.29 is 4.79 Å². The van der Waals surface area contributed by atoms with E-state index >= 15 is 0 Å². The van der Waals surface area contributed by atoms with E-state index < -0.39 is 0 Å². The maximum Gasteiger partial charge on any atom is 0.320 e. The lowest BCUT2D eigenvalue weighted by atomic mass is 10.0. The summed E-state index contributed by atoms with van der Waals surface area (Å²) in [6.07, 6.45) is 2.33. The molecular weight excluding hydrogens is 246 g/mol. The summed E-state index contributed by atoms with van der Waals surface area (Å²) in [5.74, 6) is 0.681. The summed E-state index contributed by atoms with van der Waals surface area (Å²) in [6.45, 7) is 9.24. The number of piperidine rings is 1. The fourth-order valence-corrected chi connectivity index (χ4v) is 2.40. The molecule has 0 aromatic carbocycles. The SMILES string of the molecule is CCN(CC(C)C(N)=S)C(=O)N1CCCC(C)C1. The quantitative estimate of drug-likeness (QED) is 0.797. The number of rotatable bonds is 4. The average Bonchev–Trinajstić information content (AvgIpc) is 2.34. The highest BCUT2D eigenvalue weighted by atomic mass is 32.1. The summed E-state index contributed by atoms with van der Waals surface area (Å²) in [6, 6.07) is 0.132. The van der Waals surface area contributed by atoms with E-state index in [4.69, 9.17) is 18.0 Å². The van der Waals surface area contributed by atoms with Gasteiger partial charge in [-0.2, -0.15) is 0 Å². The summed E-state index contributed by atoms with van der Waals surface area (Å²) in [5, 5.41) is 0. The maximum absolute atomic E-state index is 12.4. The Hall–Kier alpha value is -0.840. The van der Waals surface area contributed by atoms with Gasteiger partial charge in [0.15, 0.2) is 0 Å². The first-order valence-electron chi connectivity index (χ1n) is 6.78. The molecule has 1 aliphatic rings. The van der Waals surface area contributed by atoms with Crippen LogP contribution in [0.1, 0.15) is 33.6 Å². The molecule has 2 atom stereocenters. The van der Waals surface area contributed by atoms with Crippen LogP contribution in [0.4, 0.5) is 4.79 Å². The van der Waals surface area contributed by atoms with Crippen LogP contribution in [0.25, 0.3) is 0 Å². The minimum atomic E-state index is 0.0751. The van der Waals surface area contributed by atoms with Gasteiger partial charge in [-0.15, -0.1) is 0 Å². The summed E-state index contributed by atoms with van der Waals surface area (Å²) in [4.78, 5) is 16.7. The molecule has 4 nitrogen and oxygen atoms in total. The van der Waals surface area contributed by atoms with Gasteiger partial charge in [-0.3, -0.25) is 0 Å². The van der Waals surface area contributed by atoms with Crippen LogP contribution in [0, 0.1) is 11.8 Å². The van der Waals surface area contributed by atoms with Gasteiger partial charge in [0.1, 0.15) is 0 Å². The van der Waals surface area contributed by atoms with E-state index in [1.165, 1.54) is 6.42 Å². The Bertz CT molecular complexity index is 309. The van der Waals surface area contributed by atoms with Gasteiger partial charge in [0.2, 0.25) is 0 Å². The summed E-state index contributed by atoms with van der Waals surface area (Å²) in [5.41, 5.74) is 5.62. The lowest BCUT2D eigenvalue weighted by molar-refractivity contribution is 0.131. The van der Waals surface area contributed by atoms with Crippen molar-refractivity contribution in [3.05, 3.63) is 0 Å². The summed E-state index contributed by atoms with van der Waals surface area (Å²) >= 11 is 4.97. The van der Waals surface area contributed by atoms with E-state index in [1.807, 2.05) is 23.6 Å². The third kappa shape index (κ3) is 4.12. The zero-order valence-corrected chi connectivity index (χ0v) is 12.5. The minimum absolute atomic E-state index is 0.0751. The number of urea groups is 1. The highest BCUT2D eigenvalue weighted by Gasteiger charge is 2.25. The van der Waals surface area contributed by atoms with Crippen molar-refractivity contribution in [3.63, 3.8) is 0 Å². The highest BCUT2D eigenvalue weighted by Crippen LogP contribution is 2.17. The molecule has 0 radical (unpaired) electrons. The third-order valence-corrected chi connectivity index (χ3v) is 3.96. The fourth-order valence-electron chi connectivity index (χ4n) is 2.33. The normalized spacial score (nSPS) is 21.5. The van der Waals surface area contributed by atoms with Crippen LogP contribution in [0.5, 0.6) is 0 Å². The number of carbonyl (C=O) groups is 1. The van der Waals surface area contributed by atoms with Gasteiger partial charge in [-0.25, -0.2) is 4.79 Å². The molecule has 1 heterocycles. The highest BCUT2D eigenvalue weighted by molar-refractivity contribution is 7.80. The maximum atomic E-state index is 12.4. The van der Waals surface area contributed by atoms with Crippen molar-refractivity contribution in [1.82, 2.24) is 9.80 Å². The average molecular weight is 271 g/mol. The molecule has 18 heavy (non-hydrogen) atoms. The molecule has 1 saturated heterocycles. The van der Waals surface area contributed by atoms with Gasteiger partial charge < -0.3 is 15.5 Å². The second kappa shape index (κ2) is 6.92. The molecule has 2 amide bonds. The van der Waals surface area contributed by atoms with Crippen LogP contribution in [-0.2, 0) is 0 Å². The van der Waals surface area contributed by atoms with Crippen LogP contribution in [-0.4, -0.2) is 47.0 Å². The van der Waals surface area contributed by atoms with E-state index in [1.54, 1.807) is 0 Å². The number of thiocarbonyl (C=S) groups is 1. The van der Waals surface area contributed by atoms with Crippen LogP contribution in [0.15, 0.2) is 0 Å². The number of carbonyl (C=O) groups excluding carboxylic acids is 1. The molecule has 0 aliphatic carbocycles. The first-order chi connectivity index (χ1) is 8.45. The Morgan fingerprint density at radius 1 is 1.61 bits per heavy atom. The van der Waals surface area contributed by atoms with Gasteiger partial charge in [0.25, 0.3) is 0 Å². The van der Waals surface area contributed by atoms with Crippen LogP contribution in [0.3, 0.4) is 0 Å². The van der Waals surface area contributed by atoms with E-state index in [0.29, 0.717) is 24.0 Å². The number of nitrogens with zero attached hydrogens (tertiary/aromatic N) is 2. The van der Waals surface area contributed by atoms with E-state index in [2.05, 4.69) is 6.92 Å². The molecule has 1 rings (SSSR count). The molecular formula is C13H25N3OS. The van der Waals surface area contributed by atoms with Crippen LogP contribution >= 0.6 is 12.2 Å². The van der Waals surface area contributed by atoms with E-state index in [0.717, 1.165) is 19.5 Å². The summed E-state index contributed by atoms with van der Waals surface area (Å²) in [7, 11) is 0. The van der Waals surface area contributed by atoms with Crippen molar-refractivity contribution in [2.45, 2.75) is 33.6 Å². The molecule has 0 spiro atoms. The minimum Gasteiger partial charge on any atom is -0.393 e. The van der Waals surface area contributed by atoms with Gasteiger partial charge in [0, 0.05) is 32.1 Å². The van der Waals surface area contributed by atoms with Gasteiger partial charge in [-0.05, 0) is 25.7 Å². The monoisotopic (exact) mass is 271 g/mol. The van der Waals surface area contributed by atoms with Crippen molar-refractivity contribution in [1.29, 1.82) is 0 Å². The van der Waals surface area contributed by atoms with Gasteiger partial charge in [-0.1, -0.05) is 26.1 Å². The first-order valence-corrected chi connectivity index (χ1v) is 7.19. The molecule has 0 bridgehead atoms. The molecule has 1 aliphatic heterocycles. The van der Waals surface area contributed by atoms with Gasteiger partial charge in [0.05, 0.1) is 4.99 Å². The Balaban J connectivity index is 2.58. The summed E-state index contributed by atoms with van der Waals surface area (Å²) < 4.78 is 0. The Morgan fingerprint density at radius 3 is 2.78 bits per heavy atom. The number of hydrogen-bond donors (Lipinski definition) is 1. The van der Waals surface area contributed by atoms with Crippen LogP contribution < -0.4 is 5.73 Å². The van der Waals surface area contributed by atoms with E-state index in [9.17, 15) is 4.79 Å². The molecule has 2 N–H and O–H groups in total. The third-order valence-electron chi connectivity index (χ3n) is 3.56. The lowest BCUT2D eigenvalue weighted by Gasteiger charge is -2.35. The zero-order valence-electron chi connectivity index (χ0n) is 11.7.